The Morgan fingerprint density at radius 3 is 2.15 bits per heavy atom. The lowest BCUT2D eigenvalue weighted by Crippen LogP contribution is -2.51. The zero-order valence-corrected chi connectivity index (χ0v) is 28.2. The van der Waals surface area contributed by atoms with Crippen LogP contribution in [-0.2, 0) is 21.4 Å². The van der Waals surface area contributed by atoms with Gasteiger partial charge in [0.1, 0.15) is 17.8 Å². The third-order valence-corrected chi connectivity index (χ3v) is 9.02. The first-order valence-corrected chi connectivity index (χ1v) is 16.2. The van der Waals surface area contributed by atoms with Gasteiger partial charge < -0.3 is 20.5 Å². The molecule has 2 amide bonds. The summed E-state index contributed by atoms with van der Waals surface area (Å²) in [6, 6.07) is 20.3. The first-order chi connectivity index (χ1) is 22.9. The second-order valence-electron chi connectivity index (χ2n) is 12.5. The number of hydrogen-bond donors (Lipinski definition) is 3. The van der Waals surface area contributed by atoms with Crippen LogP contribution in [0.4, 0.5) is 0 Å². The molecule has 0 saturated heterocycles. The minimum Gasteiger partial charge on any atom is -0.480 e. The molecule has 2 aromatic carbocycles. The van der Waals surface area contributed by atoms with Crippen molar-refractivity contribution in [2.45, 2.75) is 58.5 Å². The summed E-state index contributed by atoms with van der Waals surface area (Å²) < 4.78 is 5.84. The van der Waals surface area contributed by atoms with Crippen LogP contribution in [0.15, 0.2) is 91.4 Å². The quantitative estimate of drug-likeness (QED) is 0.144. The molecule has 0 radical (unpaired) electrons. The highest BCUT2D eigenvalue weighted by molar-refractivity contribution is 7.14. The topological polar surface area (TPSA) is 143 Å². The summed E-state index contributed by atoms with van der Waals surface area (Å²) >= 11 is 1.37. The monoisotopic (exact) mass is 663 g/mol. The fourth-order valence-corrected chi connectivity index (χ4v) is 5.71. The lowest BCUT2D eigenvalue weighted by atomic mass is 9.95. The number of nitrogens with one attached hydrogen (secondary N) is 2. The van der Waals surface area contributed by atoms with E-state index in [9.17, 15) is 19.5 Å². The summed E-state index contributed by atoms with van der Waals surface area (Å²) in [5, 5.41) is 14.6. The minimum absolute atomic E-state index is 0.122. The third kappa shape index (κ3) is 8.68. The van der Waals surface area contributed by atoms with Crippen molar-refractivity contribution in [2.24, 2.45) is 0 Å². The summed E-state index contributed by atoms with van der Waals surface area (Å²) in [4.78, 5) is 52.7. The molecule has 3 heterocycles. The van der Waals surface area contributed by atoms with Gasteiger partial charge in [-0.05, 0) is 60.7 Å². The molecular formula is C37H37N5O5S. The Balaban J connectivity index is 1.26. The van der Waals surface area contributed by atoms with Gasteiger partial charge in [0.2, 0.25) is 11.8 Å². The van der Waals surface area contributed by atoms with Crippen molar-refractivity contribution in [1.29, 1.82) is 0 Å². The largest absolute Gasteiger partial charge is 0.480 e. The van der Waals surface area contributed by atoms with Crippen LogP contribution in [0, 0.1) is 6.92 Å². The number of benzene rings is 2. The summed E-state index contributed by atoms with van der Waals surface area (Å²) in [5.41, 5.74) is 4.15. The molecule has 5 rings (SSSR count). The maximum absolute atomic E-state index is 13.2. The predicted octanol–water partition coefficient (Wildman–Crippen LogP) is 6.60. The van der Waals surface area contributed by atoms with E-state index in [1.807, 2.05) is 67.6 Å². The number of ether oxygens (including phenoxy) is 1. The number of thiophene rings is 1. The van der Waals surface area contributed by atoms with E-state index < -0.39 is 29.9 Å². The maximum atomic E-state index is 13.2. The first kappa shape index (κ1) is 33.9. The molecule has 11 heteroatoms. The molecule has 3 N–H and O–H groups in total. The summed E-state index contributed by atoms with van der Waals surface area (Å²) in [5.74, 6) is -0.428. The molecule has 10 nitrogen and oxygen atoms in total. The van der Waals surface area contributed by atoms with Crippen LogP contribution < -0.4 is 15.4 Å². The molecule has 0 aliphatic carbocycles. The van der Waals surface area contributed by atoms with Crippen LogP contribution >= 0.6 is 11.3 Å². The SMILES string of the molecule is Cc1cccc(Oc2ccc(-c3cnc(-c4ccc(CC(NC(=O)c5ccc(C(C)(C)C)s5)C(=O)NC(C)C(=O)O)cc4)nc3)cn2)c1. The number of aryl methyl sites for hydroxylation is 1. The Morgan fingerprint density at radius 1 is 0.854 bits per heavy atom. The van der Waals surface area contributed by atoms with E-state index in [2.05, 4.69) is 46.4 Å². The van der Waals surface area contributed by atoms with Crippen LogP contribution in [0.3, 0.4) is 0 Å². The standard InChI is InChI=1S/C37H37N5O5S/c1-22-7-6-8-28(17-22)47-32-16-13-26(19-38-32)27-20-39-33(40-21-27)25-11-9-24(10-12-25)18-29(34(43)41-23(2)36(45)46)42-35(44)30-14-15-31(48-30)37(3,4)5/h6-17,19-21,23,29H,18H2,1-5H3,(H,41,43)(H,42,44)(H,45,46). The maximum Gasteiger partial charge on any atom is 0.325 e. The number of carboxylic acid groups (broad SMARTS) is 1. The molecule has 0 spiro atoms. The number of aromatic nitrogens is 3. The predicted molar refractivity (Wildman–Crippen MR) is 185 cm³/mol. The molecule has 246 valence electrons. The van der Waals surface area contributed by atoms with Gasteiger partial charge in [-0.25, -0.2) is 15.0 Å². The third-order valence-electron chi connectivity index (χ3n) is 7.51. The van der Waals surface area contributed by atoms with Gasteiger partial charge in [-0.1, -0.05) is 57.2 Å². The van der Waals surface area contributed by atoms with Gasteiger partial charge in [0.25, 0.3) is 5.91 Å². The van der Waals surface area contributed by atoms with E-state index in [-0.39, 0.29) is 11.8 Å². The number of carboxylic acids is 1. The van der Waals surface area contributed by atoms with Gasteiger partial charge in [-0.3, -0.25) is 14.4 Å². The molecule has 0 bridgehead atoms. The summed E-state index contributed by atoms with van der Waals surface area (Å²) in [6.45, 7) is 9.56. The first-order valence-electron chi connectivity index (χ1n) is 15.4. The Labute approximate surface area is 283 Å². The van der Waals surface area contributed by atoms with Crippen LogP contribution in [0.2, 0.25) is 0 Å². The van der Waals surface area contributed by atoms with Crippen molar-refractivity contribution < 1.29 is 24.2 Å². The number of hydrogen-bond acceptors (Lipinski definition) is 8. The second-order valence-corrected chi connectivity index (χ2v) is 13.6. The number of aliphatic carboxylic acids is 1. The lowest BCUT2D eigenvalue weighted by molar-refractivity contribution is -0.141. The van der Waals surface area contributed by atoms with Gasteiger partial charge >= 0.3 is 5.97 Å². The number of carbonyl (C=O) groups excluding carboxylic acids is 2. The fourth-order valence-electron chi connectivity index (χ4n) is 4.74. The Kier molecular flexibility index (Phi) is 10.3. The average molecular weight is 664 g/mol. The van der Waals surface area contributed by atoms with Gasteiger partial charge in [-0.2, -0.15) is 0 Å². The van der Waals surface area contributed by atoms with Gasteiger partial charge in [0.05, 0.1) is 4.88 Å². The molecular weight excluding hydrogens is 627 g/mol. The van der Waals surface area contributed by atoms with E-state index in [0.29, 0.717) is 16.6 Å². The zero-order chi connectivity index (χ0) is 34.4. The van der Waals surface area contributed by atoms with E-state index in [4.69, 9.17) is 4.74 Å². The Morgan fingerprint density at radius 2 is 1.54 bits per heavy atom. The molecule has 0 saturated carbocycles. The van der Waals surface area contributed by atoms with Gasteiger partial charge in [-0.15, -0.1) is 11.3 Å². The number of carbonyl (C=O) groups is 3. The van der Waals surface area contributed by atoms with Crippen LogP contribution in [0.5, 0.6) is 11.6 Å². The van der Waals surface area contributed by atoms with Crippen molar-refractivity contribution in [3.8, 4) is 34.1 Å². The zero-order valence-electron chi connectivity index (χ0n) is 27.4. The average Bonchev–Trinajstić information content (AvgIpc) is 3.57. The van der Waals surface area contributed by atoms with Crippen molar-refractivity contribution in [1.82, 2.24) is 25.6 Å². The molecule has 2 atom stereocenters. The molecule has 0 aliphatic rings. The molecule has 2 unspecified atom stereocenters. The van der Waals surface area contributed by atoms with E-state index in [1.165, 1.54) is 18.3 Å². The number of nitrogens with zero attached hydrogens (tertiary/aromatic N) is 3. The van der Waals surface area contributed by atoms with Crippen LogP contribution in [-0.4, -0.2) is 49.9 Å². The number of rotatable bonds is 11. The molecule has 48 heavy (non-hydrogen) atoms. The Hall–Kier alpha value is -5.42. The normalized spacial score (nSPS) is 12.5. The molecule has 0 fully saturated rings. The molecule has 3 aromatic heterocycles. The highest BCUT2D eigenvalue weighted by atomic mass is 32.1. The summed E-state index contributed by atoms with van der Waals surface area (Å²) in [6.07, 6.45) is 5.31. The van der Waals surface area contributed by atoms with Crippen molar-refractivity contribution in [3.05, 3.63) is 112 Å². The second kappa shape index (κ2) is 14.6. The smallest absolute Gasteiger partial charge is 0.325 e. The fraction of sp³-hybridized carbons (Fsp3) is 0.243. The minimum atomic E-state index is -1.17. The van der Waals surface area contributed by atoms with E-state index >= 15 is 0 Å². The highest BCUT2D eigenvalue weighted by Gasteiger charge is 2.26. The lowest BCUT2D eigenvalue weighted by Gasteiger charge is -2.20. The van der Waals surface area contributed by atoms with Gasteiger partial charge in [0, 0.05) is 52.6 Å². The van der Waals surface area contributed by atoms with Crippen molar-refractivity contribution in [2.75, 3.05) is 0 Å². The van der Waals surface area contributed by atoms with Gasteiger partial charge in [0.15, 0.2) is 5.82 Å². The van der Waals surface area contributed by atoms with Crippen LogP contribution in [0.1, 0.15) is 53.4 Å². The van der Waals surface area contributed by atoms with Crippen molar-refractivity contribution in [3.63, 3.8) is 0 Å². The summed E-state index contributed by atoms with van der Waals surface area (Å²) in [7, 11) is 0. The van der Waals surface area contributed by atoms with Crippen molar-refractivity contribution >= 4 is 29.1 Å². The molecule has 0 aliphatic heterocycles. The van der Waals surface area contributed by atoms with E-state index in [0.717, 1.165) is 38.4 Å². The highest BCUT2D eigenvalue weighted by Crippen LogP contribution is 2.30. The molecule has 5 aromatic rings. The number of amides is 2. The van der Waals surface area contributed by atoms with Crippen LogP contribution in [0.25, 0.3) is 22.5 Å². The number of pyridine rings is 1. The Bertz CT molecular complexity index is 1900. The van der Waals surface area contributed by atoms with E-state index in [1.54, 1.807) is 30.7 Å².